The molecule has 2 amide bonds. The quantitative estimate of drug-likeness (QED) is 0.224. The van der Waals surface area contributed by atoms with E-state index in [0.29, 0.717) is 22.0 Å². The molecule has 0 saturated heterocycles. The van der Waals surface area contributed by atoms with Crippen molar-refractivity contribution in [3.8, 4) is 11.1 Å². The van der Waals surface area contributed by atoms with Crippen molar-refractivity contribution in [3.63, 3.8) is 0 Å². The SMILES string of the molecule is Cc1nccn1Cc1ccc(-c2cc(CC(C)C)sc2S(=O)(=O)N(OC(=O)C(F)(F)F)C(=O)NCCC(F)(F)F)cc1F. The highest BCUT2D eigenvalue weighted by Crippen LogP contribution is 2.39. The van der Waals surface area contributed by atoms with Gasteiger partial charge in [0.25, 0.3) is 0 Å². The second kappa shape index (κ2) is 12.9. The van der Waals surface area contributed by atoms with Crippen molar-refractivity contribution < 1.29 is 53.6 Å². The number of benzene rings is 1. The van der Waals surface area contributed by atoms with Crippen molar-refractivity contribution in [2.75, 3.05) is 6.54 Å². The molecule has 0 unspecified atom stereocenters. The number of sulfonamides is 1. The zero-order valence-electron chi connectivity index (χ0n) is 22.7. The topological polar surface area (TPSA) is 111 Å². The molecule has 2 aromatic heterocycles. The monoisotopic (exact) mass is 658 g/mol. The number of hydroxylamine groups is 1. The molecular formula is C25H25F7N4O5S2. The van der Waals surface area contributed by atoms with Crippen molar-refractivity contribution in [2.24, 2.45) is 5.92 Å². The third-order valence-electron chi connectivity index (χ3n) is 5.69. The lowest BCUT2D eigenvalue weighted by atomic mass is 10.0. The first-order chi connectivity index (χ1) is 19.8. The Bertz CT molecular complexity index is 1580. The summed E-state index contributed by atoms with van der Waals surface area (Å²) >= 11 is 0.517. The summed E-state index contributed by atoms with van der Waals surface area (Å²) in [5.41, 5.74) is -0.0919. The molecule has 1 N–H and O–H groups in total. The second-order valence-electron chi connectivity index (χ2n) is 9.63. The number of carbonyl (C=O) groups excluding carboxylic acids is 2. The van der Waals surface area contributed by atoms with Crippen LogP contribution in [0.25, 0.3) is 11.1 Å². The molecule has 0 atom stereocenters. The summed E-state index contributed by atoms with van der Waals surface area (Å²) in [4.78, 5) is 32.4. The third kappa shape index (κ3) is 8.68. The second-order valence-corrected chi connectivity index (χ2v) is 12.7. The van der Waals surface area contributed by atoms with Crippen LogP contribution in [0.4, 0.5) is 35.5 Å². The van der Waals surface area contributed by atoms with E-state index in [4.69, 9.17) is 0 Å². The zero-order valence-corrected chi connectivity index (χ0v) is 24.3. The standard InChI is InChI=1S/C25H25F7N4O5S2/c1-14(2)10-18-12-19(16-4-5-17(20(26)11-16)13-35-9-8-33-15(35)3)21(42-18)43(39,40)36(41-22(37)25(30,31)32)23(38)34-7-6-24(27,28)29/h4-5,8-9,11-12,14H,6-7,10,13H2,1-3H3,(H,34,38). The molecule has 0 aliphatic rings. The Balaban J connectivity index is 2.09. The van der Waals surface area contributed by atoms with Gasteiger partial charge in [-0.3, -0.25) is 0 Å². The van der Waals surface area contributed by atoms with Gasteiger partial charge < -0.3 is 14.7 Å². The van der Waals surface area contributed by atoms with E-state index in [2.05, 4.69) is 9.82 Å². The van der Waals surface area contributed by atoms with E-state index in [1.165, 1.54) is 29.7 Å². The van der Waals surface area contributed by atoms with Gasteiger partial charge in [-0.05, 0) is 41.4 Å². The number of aryl methyl sites for hydroxylation is 1. The van der Waals surface area contributed by atoms with Gasteiger partial charge in [-0.25, -0.2) is 19.0 Å². The maximum absolute atomic E-state index is 15.2. The molecule has 0 bridgehead atoms. The number of aromatic nitrogens is 2. The average Bonchev–Trinajstić information content (AvgIpc) is 3.48. The number of hydrogen-bond donors (Lipinski definition) is 1. The summed E-state index contributed by atoms with van der Waals surface area (Å²) in [5, 5.41) is 1.49. The Morgan fingerprint density at radius 2 is 1.81 bits per heavy atom. The Kier molecular flexibility index (Phi) is 10.2. The lowest BCUT2D eigenvalue weighted by Gasteiger charge is -2.21. The number of alkyl halides is 6. The van der Waals surface area contributed by atoms with Gasteiger partial charge in [0.1, 0.15) is 11.6 Å². The van der Waals surface area contributed by atoms with Gasteiger partial charge in [0.2, 0.25) is 0 Å². The smallest absolute Gasteiger partial charge is 0.334 e. The first kappa shape index (κ1) is 33.8. The van der Waals surface area contributed by atoms with Crippen LogP contribution < -0.4 is 5.32 Å². The summed E-state index contributed by atoms with van der Waals surface area (Å²) in [6.45, 7) is 4.10. The molecule has 9 nitrogen and oxygen atoms in total. The molecule has 1 aromatic carbocycles. The van der Waals surface area contributed by atoms with Crippen molar-refractivity contribution in [1.29, 1.82) is 0 Å². The molecule has 0 fully saturated rings. The number of nitrogens with zero attached hydrogens (tertiary/aromatic N) is 3. The number of carbonyl (C=O) groups is 2. The van der Waals surface area contributed by atoms with Gasteiger partial charge in [0.05, 0.1) is 13.0 Å². The largest absolute Gasteiger partial charge is 0.493 e. The van der Waals surface area contributed by atoms with Crippen LogP contribution in [0.1, 0.15) is 36.5 Å². The summed E-state index contributed by atoms with van der Waals surface area (Å²) in [5.74, 6) is -3.34. The first-order valence-corrected chi connectivity index (χ1v) is 14.6. The average molecular weight is 659 g/mol. The minimum atomic E-state index is -5.77. The van der Waals surface area contributed by atoms with E-state index in [0.717, 1.165) is 6.07 Å². The van der Waals surface area contributed by atoms with E-state index in [1.54, 1.807) is 31.5 Å². The van der Waals surface area contributed by atoms with Crippen LogP contribution in [0.15, 0.2) is 40.9 Å². The molecular weight excluding hydrogens is 633 g/mol. The normalized spacial score (nSPS) is 12.4. The predicted octanol–water partition coefficient (Wildman–Crippen LogP) is 5.98. The van der Waals surface area contributed by atoms with Crippen molar-refractivity contribution in [1.82, 2.24) is 19.3 Å². The molecule has 3 rings (SSSR count). The number of halogens is 7. The van der Waals surface area contributed by atoms with Crippen LogP contribution in [0, 0.1) is 18.7 Å². The molecule has 236 valence electrons. The number of hydrogen-bond acceptors (Lipinski definition) is 7. The maximum atomic E-state index is 15.2. The molecule has 0 aliphatic heterocycles. The fourth-order valence-corrected chi connectivity index (χ4v) is 6.81. The summed E-state index contributed by atoms with van der Waals surface area (Å²) < 4.78 is 119. The van der Waals surface area contributed by atoms with Gasteiger partial charge in [-0.2, -0.15) is 34.8 Å². The number of imidazole rings is 1. The molecule has 2 heterocycles. The van der Waals surface area contributed by atoms with Crippen molar-refractivity contribution in [3.05, 3.63) is 58.7 Å². The van der Waals surface area contributed by atoms with Crippen LogP contribution >= 0.6 is 11.3 Å². The molecule has 0 spiro atoms. The van der Waals surface area contributed by atoms with Crippen LogP contribution in [0.3, 0.4) is 0 Å². The van der Waals surface area contributed by atoms with E-state index in [9.17, 15) is 44.3 Å². The molecule has 18 heteroatoms. The first-order valence-electron chi connectivity index (χ1n) is 12.4. The number of urea groups is 1. The Morgan fingerprint density at radius 3 is 2.35 bits per heavy atom. The van der Waals surface area contributed by atoms with Crippen LogP contribution in [0.5, 0.6) is 0 Å². The van der Waals surface area contributed by atoms with E-state index < -0.39 is 61.8 Å². The third-order valence-corrected chi connectivity index (χ3v) is 8.89. The highest BCUT2D eigenvalue weighted by molar-refractivity contribution is 7.91. The molecule has 43 heavy (non-hydrogen) atoms. The fraction of sp³-hybridized carbons (Fsp3) is 0.400. The Morgan fingerprint density at radius 1 is 1.14 bits per heavy atom. The predicted molar refractivity (Wildman–Crippen MR) is 140 cm³/mol. The van der Waals surface area contributed by atoms with E-state index in [1.807, 2.05) is 0 Å². The fourth-order valence-electron chi connectivity index (χ4n) is 3.69. The Hall–Kier alpha value is -3.67. The van der Waals surface area contributed by atoms with Gasteiger partial charge in [-0.1, -0.05) is 26.0 Å². The van der Waals surface area contributed by atoms with Crippen LogP contribution in [0.2, 0.25) is 0 Å². The lowest BCUT2D eigenvalue weighted by Crippen LogP contribution is -2.47. The Labute approximate surface area is 245 Å². The van der Waals surface area contributed by atoms with E-state index >= 15 is 4.39 Å². The lowest BCUT2D eigenvalue weighted by molar-refractivity contribution is -0.216. The summed E-state index contributed by atoms with van der Waals surface area (Å²) in [7, 11) is -5.50. The van der Waals surface area contributed by atoms with Gasteiger partial charge in [0, 0.05) is 34.9 Å². The number of thiophene rings is 1. The highest BCUT2D eigenvalue weighted by atomic mass is 32.2. The number of amides is 2. The molecule has 0 saturated carbocycles. The van der Waals surface area contributed by atoms with Crippen LogP contribution in [-0.2, 0) is 32.6 Å². The minimum absolute atomic E-state index is 0.0481. The van der Waals surface area contributed by atoms with Gasteiger partial charge in [-0.15, -0.1) is 11.3 Å². The van der Waals surface area contributed by atoms with E-state index in [-0.39, 0.29) is 35.6 Å². The zero-order chi connectivity index (χ0) is 32.3. The van der Waals surface area contributed by atoms with Gasteiger partial charge >= 0.3 is 34.4 Å². The van der Waals surface area contributed by atoms with Crippen molar-refractivity contribution in [2.45, 2.75) is 56.7 Å². The molecule has 3 aromatic rings. The number of nitrogens with one attached hydrogen (secondary N) is 1. The molecule has 0 radical (unpaired) electrons. The molecule has 0 aliphatic carbocycles. The summed E-state index contributed by atoms with van der Waals surface area (Å²) in [6.07, 6.45) is -8.86. The summed E-state index contributed by atoms with van der Waals surface area (Å²) in [6, 6.07) is 2.93. The highest BCUT2D eigenvalue weighted by Gasteiger charge is 2.47. The maximum Gasteiger partial charge on any atom is 0.493 e. The van der Waals surface area contributed by atoms with Crippen LogP contribution in [-0.4, -0.2) is 53.3 Å². The van der Waals surface area contributed by atoms with Crippen molar-refractivity contribution >= 4 is 33.4 Å². The minimum Gasteiger partial charge on any atom is -0.334 e. The van der Waals surface area contributed by atoms with Gasteiger partial charge in [0.15, 0.2) is 4.21 Å². The number of rotatable bonds is 9.